The predicted octanol–water partition coefficient (Wildman–Crippen LogP) is 1.85. The van der Waals surface area contributed by atoms with Crippen molar-refractivity contribution in [2.24, 2.45) is 12.2 Å². The summed E-state index contributed by atoms with van der Waals surface area (Å²) >= 11 is 0. The summed E-state index contributed by atoms with van der Waals surface area (Å²) < 4.78 is 1.70. The molecule has 0 radical (unpaired) electrons. The van der Waals surface area contributed by atoms with Gasteiger partial charge in [-0.15, -0.1) is 0 Å². The number of oxime groups is 1. The molecule has 2 atom stereocenters. The Hall–Kier alpha value is -2.87. The molecule has 1 fully saturated rings. The lowest BCUT2D eigenvalue weighted by Crippen LogP contribution is -2.36. The van der Waals surface area contributed by atoms with Gasteiger partial charge in [0.1, 0.15) is 18.7 Å². The zero-order valence-electron chi connectivity index (χ0n) is 13.1. The largest absolute Gasteiger partial charge is 0.411 e. The van der Waals surface area contributed by atoms with Gasteiger partial charge in [-0.2, -0.15) is 10.2 Å². The molecule has 1 saturated heterocycles. The molecule has 24 heavy (non-hydrogen) atoms. The molecule has 124 valence electrons. The fraction of sp³-hybridized carbons (Fsp3) is 0.312. The average molecular weight is 327 g/mol. The molecule has 4 rings (SSSR count). The summed E-state index contributed by atoms with van der Waals surface area (Å²) in [6.07, 6.45) is 3.09. The minimum Gasteiger partial charge on any atom is -0.411 e. The van der Waals surface area contributed by atoms with Crippen LogP contribution in [0, 0.1) is 0 Å². The van der Waals surface area contributed by atoms with Gasteiger partial charge in [-0.05, 0) is 5.56 Å². The fourth-order valence-electron chi connectivity index (χ4n) is 3.36. The Bertz CT molecular complexity index is 788. The maximum Gasteiger partial charge on any atom is 0.345 e. The number of fused-ring (bicyclic) bond motifs is 4. The Morgan fingerprint density at radius 3 is 2.96 bits per heavy atom. The average Bonchev–Trinajstić information content (AvgIpc) is 3.11. The number of carbonyl (C=O) groups excluding carboxylic acids is 1. The van der Waals surface area contributed by atoms with Gasteiger partial charge in [0.25, 0.3) is 0 Å². The van der Waals surface area contributed by atoms with E-state index in [-0.39, 0.29) is 12.1 Å². The first-order valence-electron chi connectivity index (χ1n) is 7.66. The number of hydrogen-bond acceptors (Lipinski definition) is 5. The van der Waals surface area contributed by atoms with Crippen molar-refractivity contribution in [3.63, 3.8) is 0 Å². The number of benzene rings is 1. The van der Waals surface area contributed by atoms with Crippen LogP contribution in [0.3, 0.4) is 0 Å². The number of carbonyl (C=O) groups is 1. The van der Waals surface area contributed by atoms with E-state index in [1.54, 1.807) is 15.8 Å². The van der Waals surface area contributed by atoms with Crippen LogP contribution in [-0.2, 0) is 18.5 Å². The van der Waals surface area contributed by atoms with Gasteiger partial charge in [-0.1, -0.05) is 35.5 Å². The minimum absolute atomic E-state index is 0.215. The highest BCUT2D eigenvalue weighted by Crippen LogP contribution is 2.43. The molecule has 0 saturated carbocycles. The van der Waals surface area contributed by atoms with Crippen molar-refractivity contribution in [1.82, 2.24) is 19.7 Å². The molecule has 2 bridgehead atoms. The number of hydroxylamine groups is 2. The van der Waals surface area contributed by atoms with Crippen LogP contribution in [0.1, 0.15) is 28.9 Å². The molecule has 1 N–H and O–H groups in total. The zero-order chi connectivity index (χ0) is 16.7. The summed E-state index contributed by atoms with van der Waals surface area (Å²) in [4.78, 5) is 20.2. The van der Waals surface area contributed by atoms with Crippen molar-refractivity contribution in [3.8, 4) is 0 Å². The van der Waals surface area contributed by atoms with E-state index in [9.17, 15) is 4.79 Å². The molecule has 0 spiro atoms. The predicted molar refractivity (Wildman–Crippen MR) is 84.1 cm³/mol. The second kappa shape index (κ2) is 5.64. The molecule has 2 aromatic rings. The standard InChI is InChI=1S/C16H17N5O3/c1-19-15-12(7-17-19)14-9-20(13(15)8-18-23)16(22)21(14)24-10-11-5-3-2-4-6-11/h2-8,13-14,23H,9-10H2,1H3. The smallest absolute Gasteiger partial charge is 0.345 e. The third-order valence-electron chi connectivity index (χ3n) is 4.50. The van der Waals surface area contributed by atoms with Gasteiger partial charge in [0.05, 0.1) is 24.7 Å². The molecule has 2 aliphatic heterocycles. The molecule has 1 aromatic carbocycles. The molecule has 3 heterocycles. The Labute approximate surface area is 138 Å². The summed E-state index contributed by atoms with van der Waals surface area (Å²) in [6.45, 7) is 0.786. The number of hydrogen-bond donors (Lipinski definition) is 1. The van der Waals surface area contributed by atoms with Gasteiger partial charge >= 0.3 is 6.03 Å². The molecule has 1 aromatic heterocycles. The fourth-order valence-corrected chi connectivity index (χ4v) is 3.36. The number of aromatic nitrogens is 2. The van der Waals surface area contributed by atoms with Gasteiger partial charge in [0.15, 0.2) is 0 Å². The van der Waals surface area contributed by atoms with Crippen LogP contribution in [0.15, 0.2) is 41.7 Å². The molecule has 0 aliphatic carbocycles. The third kappa shape index (κ3) is 2.15. The monoisotopic (exact) mass is 327 g/mol. The van der Waals surface area contributed by atoms with Crippen LogP contribution in [-0.4, -0.2) is 43.7 Å². The topological polar surface area (TPSA) is 83.2 Å². The molecule has 2 unspecified atom stereocenters. The van der Waals surface area contributed by atoms with Gasteiger partial charge in [-0.25, -0.2) is 4.79 Å². The SMILES string of the molecule is Cn1ncc2c1C(C=NO)N1CC2N(OCc2ccccc2)C1=O. The van der Waals surface area contributed by atoms with Gasteiger partial charge in [0, 0.05) is 12.6 Å². The quantitative estimate of drug-likeness (QED) is 0.528. The van der Waals surface area contributed by atoms with Crippen LogP contribution >= 0.6 is 0 Å². The van der Waals surface area contributed by atoms with Crippen molar-refractivity contribution in [2.75, 3.05) is 6.54 Å². The highest BCUT2D eigenvalue weighted by atomic mass is 16.7. The molecule has 8 nitrogen and oxygen atoms in total. The van der Waals surface area contributed by atoms with E-state index in [1.807, 2.05) is 37.4 Å². The minimum atomic E-state index is -0.452. The van der Waals surface area contributed by atoms with E-state index in [1.165, 1.54) is 11.3 Å². The van der Waals surface area contributed by atoms with Crippen molar-refractivity contribution >= 4 is 12.2 Å². The summed E-state index contributed by atoms with van der Waals surface area (Å²) in [5.41, 5.74) is 2.74. The van der Waals surface area contributed by atoms with Gasteiger partial charge in [-0.3, -0.25) is 9.52 Å². The van der Waals surface area contributed by atoms with Gasteiger partial charge < -0.3 is 10.1 Å². The van der Waals surface area contributed by atoms with Crippen LogP contribution in [0.2, 0.25) is 0 Å². The lowest BCUT2D eigenvalue weighted by Gasteiger charge is -2.28. The maximum atomic E-state index is 12.7. The number of rotatable bonds is 4. The molecular weight excluding hydrogens is 310 g/mol. The summed E-state index contributed by atoms with van der Waals surface area (Å²) in [7, 11) is 1.81. The Balaban J connectivity index is 1.64. The number of amides is 2. The normalized spacial score (nSPS) is 22.5. The third-order valence-corrected chi connectivity index (χ3v) is 4.50. The Morgan fingerprint density at radius 1 is 1.42 bits per heavy atom. The van der Waals surface area contributed by atoms with Crippen molar-refractivity contribution in [3.05, 3.63) is 53.3 Å². The highest BCUT2D eigenvalue weighted by molar-refractivity contribution is 5.83. The highest BCUT2D eigenvalue weighted by Gasteiger charge is 2.50. The van der Waals surface area contributed by atoms with E-state index in [0.29, 0.717) is 13.2 Å². The molecular formula is C16H17N5O3. The summed E-state index contributed by atoms with van der Waals surface area (Å²) in [5.74, 6) is 0. The van der Waals surface area contributed by atoms with E-state index >= 15 is 0 Å². The lowest BCUT2D eigenvalue weighted by atomic mass is 9.99. The van der Waals surface area contributed by atoms with Crippen molar-refractivity contribution in [2.45, 2.75) is 18.7 Å². The zero-order valence-corrected chi connectivity index (χ0v) is 13.1. The van der Waals surface area contributed by atoms with E-state index < -0.39 is 6.04 Å². The van der Waals surface area contributed by atoms with E-state index in [0.717, 1.165) is 16.8 Å². The summed E-state index contributed by atoms with van der Waals surface area (Å²) in [5, 5.41) is 17.8. The lowest BCUT2D eigenvalue weighted by molar-refractivity contribution is -0.141. The number of nitrogens with zero attached hydrogens (tertiary/aromatic N) is 5. The van der Waals surface area contributed by atoms with Crippen molar-refractivity contribution < 1.29 is 14.8 Å². The van der Waals surface area contributed by atoms with E-state index in [2.05, 4.69) is 10.3 Å². The van der Waals surface area contributed by atoms with Crippen LogP contribution in [0.5, 0.6) is 0 Å². The summed E-state index contributed by atoms with van der Waals surface area (Å²) in [6, 6.07) is 8.78. The van der Waals surface area contributed by atoms with Crippen LogP contribution in [0.25, 0.3) is 0 Å². The molecule has 2 amide bonds. The number of urea groups is 1. The first-order valence-corrected chi connectivity index (χ1v) is 7.66. The second-order valence-electron chi connectivity index (χ2n) is 5.85. The van der Waals surface area contributed by atoms with E-state index in [4.69, 9.17) is 10.0 Å². The number of aryl methyl sites for hydroxylation is 1. The second-order valence-corrected chi connectivity index (χ2v) is 5.85. The molecule has 2 aliphatic rings. The maximum absolute atomic E-state index is 12.7. The Kier molecular flexibility index (Phi) is 3.46. The first kappa shape index (κ1) is 14.7. The van der Waals surface area contributed by atoms with Crippen molar-refractivity contribution in [1.29, 1.82) is 0 Å². The molecule has 8 heteroatoms. The van der Waals surface area contributed by atoms with Crippen LogP contribution < -0.4 is 0 Å². The van der Waals surface area contributed by atoms with Gasteiger partial charge in [0.2, 0.25) is 0 Å². The Morgan fingerprint density at radius 2 is 2.21 bits per heavy atom. The first-order chi connectivity index (χ1) is 11.7. The van der Waals surface area contributed by atoms with Crippen LogP contribution in [0.4, 0.5) is 4.79 Å².